The highest BCUT2D eigenvalue weighted by Crippen LogP contribution is 2.15. The Kier molecular flexibility index (Phi) is 3.72. The van der Waals surface area contributed by atoms with E-state index in [1.54, 1.807) is 6.07 Å². The molecule has 4 heteroatoms. The fourth-order valence-electron chi connectivity index (χ4n) is 2.13. The highest BCUT2D eigenvalue weighted by molar-refractivity contribution is 5.37. The Labute approximate surface area is 101 Å². The molecule has 1 fully saturated rings. The molecule has 1 saturated heterocycles. The standard InChI is InChI=1S/C13H16FN3/c1-10-8-16-4-5-17(10)9-11-2-3-13(14)6-12(11)7-15/h2-3,6,10,16H,4-5,8-9H2,1H3. The minimum Gasteiger partial charge on any atom is -0.314 e. The molecule has 2 rings (SSSR count). The molecule has 1 heterocycles. The van der Waals surface area contributed by atoms with Crippen molar-refractivity contribution in [2.75, 3.05) is 19.6 Å². The Balaban J connectivity index is 2.15. The molecule has 0 amide bonds. The third-order valence-electron chi connectivity index (χ3n) is 3.20. The first kappa shape index (κ1) is 12.0. The Morgan fingerprint density at radius 1 is 1.59 bits per heavy atom. The SMILES string of the molecule is CC1CNCCN1Cc1ccc(F)cc1C#N. The fourth-order valence-corrected chi connectivity index (χ4v) is 2.13. The van der Waals surface area contributed by atoms with Crippen molar-refractivity contribution in [3.8, 4) is 6.07 Å². The summed E-state index contributed by atoms with van der Waals surface area (Å²) in [6.45, 7) is 5.76. The summed E-state index contributed by atoms with van der Waals surface area (Å²) in [5, 5.41) is 12.3. The first-order valence-corrected chi connectivity index (χ1v) is 5.84. The maximum atomic E-state index is 13.0. The van der Waals surface area contributed by atoms with E-state index in [1.807, 2.05) is 0 Å². The van der Waals surface area contributed by atoms with Crippen molar-refractivity contribution in [3.05, 3.63) is 35.1 Å². The smallest absolute Gasteiger partial charge is 0.124 e. The van der Waals surface area contributed by atoms with Crippen LogP contribution in [0.25, 0.3) is 0 Å². The number of hydrogen-bond donors (Lipinski definition) is 1. The molecule has 0 bridgehead atoms. The first-order chi connectivity index (χ1) is 8.20. The molecule has 1 unspecified atom stereocenters. The highest BCUT2D eigenvalue weighted by atomic mass is 19.1. The lowest BCUT2D eigenvalue weighted by atomic mass is 10.1. The van der Waals surface area contributed by atoms with Crippen LogP contribution in [0.5, 0.6) is 0 Å². The topological polar surface area (TPSA) is 39.1 Å². The van der Waals surface area contributed by atoms with Crippen LogP contribution in [0.3, 0.4) is 0 Å². The van der Waals surface area contributed by atoms with Gasteiger partial charge in [-0.15, -0.1) is 0 Å². The average molecular weight is 233 g/mol. The molecular formula is C13H16FN3. The molecule has 1 aliphatic rings. The summed E-state index contributed by atoms with van der Waals surface area (Å²) >= 11 is 0. The van der Waals surface area contributed by atoms with Crippen LogP contribution in [0.1, 0.15) is 18.1 Å². The van der Waals surface area contributed by atoms with Crippen molar-refractivity contribution in [3.63, 3.8) is 0 Å². The Hall–Kier alpha value is -1.44. The van der Waals surface area contributed by atoms with Gasteiger partial charge in [-0.05, 0) is 24.6 Å². The van der Waals surface area contributed by atoms with E-state index in [-0.39, 0.29) is 5.82 Å². The van der Waals surface area contributed by atoms with Crippen LogP contribution in [-0.4, -0.2) is 30.6 Å². The third kappa shape index (κ3) is 2.82. The van der Waals surface area contributed by atoms with Crippen molar-refractivity contribution in [1.82, 2.24) is 10.2 Å². The van der Waals surface area contributed by atoms with E-state index < -0.39 is 0 Å². The Morgan fingerprint density at radius 2 is 2.41 bits per heavy atom. The van der Waals surface area contributed by atoms with Gasteiger partial charge < -0.3 is 5.32 Å². The van der Waals surface area contributed by atoms with Crippen LogP contribution >= 0.6 is 0 Å². The lowest BCUT2D eigenvalue weighted by Crippen LogP contribution is -2.49. The van der Waals surface area contributed by atoms with Crippen LogP contribution < -0.4 is 5.32 Å². The molecule has 0 aromatic heterocycles. The van der Waals surface area contributed by atoms with Crippen molar-refractivity contribution in [2.24, 2.45) is 0 Å². The predicted molar refractivity (Wildman–Crippen MR) is 63.9 cm³/mol. The molecule has 1 aromatic rings. The first-order valence-electron chi connectivity index (χ1n) is 5.84. The van der Waals surface area contributed by atoms with E-state index in [0.29, 0.717) is 18.2 Å². The Bertz CT molecular complexity index is 439. The molecule has 1 N–H and O–H groups in total. The second-order valence-electron chi connectivity index (χ2n) is 4.44. The number of nitrogens with zero attached hydrogens (tertiary/aromatic N) is 2. The largest absolute Gasteiger partial charge is 0.314 e. The molecule has 0 radical (unpaired) electrons. The summed E-state index contributed by atoms with van der Waals surface area (Å²) in [5.74, 6) is -0.348. The minimum atomic E-state index is -0.348. The zero-order valence-electron chi connectivity index (χ0n) is 9.91. The summed E-state index contributed by atoms with van der Waals surface area (Å²) in [4.78, 5) is 2.31. The molecule has 3 nitrogen and oxygen atoms in total. The van der Waals surface area contributed by atoms with Crippen LogP contribution in [0.4, 0.5) is 4.39 Å². The molecule has 1 aliphatic heterocycles. The molecule has 1 atom stereocenters. The van der Waals surface area contributed by atoms with Gasteiger partial charge in [0.25, 0.3) is 0 Å². The van der Waals surface area contributed by atoms with Crippen molar-refractivity contribution >= 4 is 0 Å². The van der Waals surface area contributed by atoms with E-state index in [1.165, 1.54) is 12.1 Å². The number of piperazine rings is 1. The number of nitrogens with one attached hydrogen (secondary N) is 1. The summed E-state index contributed by atoms with van der Waals surface area (Å²) in [5.41, 5.74) is 1.35. The predicted octanol–water partition coefficient (Wildman–Crippen LogP) is 1.49. The number of benzene rings is 1. The maximum Gasteiger partial charge on any atom is 0.124 e. The molecule has 1 aromatic carbocycles. The van der Waals surface area contributed by atoms with Crippen LogP contribution in [0.15, 0.2) is 18.2 Å². The molecule has 17 heavy (non-hydrogen) atoms. The van der Waals surface area contributed by atoms with Crippen LogP contribution in [0.2, 0.25) is 0 Å². The van der Waals surface area contributed by atoms with Gasteiger partial charge in [-0.3, -0.25) is 4.90 Å². The second kappa shape index (κ2) is 5.26. The number of halogens is 1. The normalized spacial score (nSPS) is 21.1. The molecule has 0 spiro atoms. The van der Waals surface area contributed by atoms with Crippen molar-refractivity contribution < 1.29 is 4.39 Å². The monoisotopic (exact) mass is 233 g/mol. The van der Waals surface area contributed by atoms with Gasteiger partial charge >= 0.3 is 0 Å². The number of hydrogen-bond acceptors (Lipinski definition) is 3. The van der Waals surface area contributed by atoms with E-state index in [9.17, 15) is 4.39 Å². The van der Waals surface area contributed by atoms with E-state index in [2.05, 4.69) is 23.2 Å². The lowest BCUT2D eigenvalue weighted by molar-refractivity contribution is 0.165. The van der Waals surface area contributed by atoms with Gasteiger partial charge in [0.2, 0.25) is 0 Å². The zero-order chi connectivity index (χ0) is 12.3. The summed E-state index contributed by atoms with van der Waals surface area (Å²) in [7, 11) is 0. The minimum absolute atomic E-state index is 0.348. The van der Waals surface area contributed by atoms with Gasteiger partial charge in [0, 0.05) is 32.2 Å². The van der Waals surface area contributed by atoms with Gasteiger partial charge in [0.05, 0.1) is 11.6 Å². The van der Waals surface area contributed by atoms with E-state index in [4.69, 9.17) is 5.26 Å². The van der Waals surface area contributed by atoms with Gasteiger partial charge in [-0.2, -0.15) is 5.26 Å². The number of nitriles is 1. The Morgan fingerprint density at radius 3 is 3.12 bits per heavy atom. The molecule has 0 aliphatic carbocycles. The van der Waals surface area contributed by atoms with Crippen molar-refractivity contribution in [2.45, 2.75) is 19.5 Å². The van der Waals surface area contributed by atoms with Gasteiger partial charge in [0.1, 0.15) is 5.82 Å². The van der Waals surface area contributed by atoms with E-state index in [0.717, 1.165) is 25.2 Å². The molecule has 0 saturated carbocycles. The van der Waals surface area contributed by atoms with Crippen molar-refractivity contribution in [1.29, 1.82) is 5.26 Å². The average Bonchev–Trinajstić information content (AvgIpc) is 2.34. The zero-order valence-corrected chi connectivity index (χ0v) is 9.91. The molecular weight excluding hydrogens is 217 g/mol. The summed E-state index contributed by atoms with van der Waals surface area (Å²) in [6, 6.07) is 6.94. The fraction of sp³-hybridized carbons (Fsp3) is 0.462. The third-order valence-corrected chi connectivity index (χ3v) is 3.20. The summed E-state index contributed by atoms with van der Waals surface area (Å²) in [6.07, 6.45) is 0. The van der Waals surface area contributed by atoms with Gasteiger partial charge in [0.15, 0.2) is 0 Å². The summed E-state index contributed by atoms with van der Waals surface area (Å²) < 4.78 is 13.0. The number of rotatable bonds is 2. The quantitative estimate of drug-likeness (QED) is 0.841. The van der Waals surface area contributed by atoms with E-state index >= 15 is 0 Å². The maximum absolute atomic E-state index is 13.0. The van der Waals surface area contributed by atoms with Gasteiger partial charge in [-0.25, -0.2) is 4.39 Å². The lowest BCUT2D eigenvalue weighted by Gasteiger charge is -2.34. The highest BCUT2D eigenvalue weighted by Gasteiger charge is 2.18. The second-order valence-corrected chi connectivity index (χ2v) is 4.44. The van der Waals surface area contributed by atoms with Gasteiger partial charge in [-0.1, -0.05) is 6.07 Å². The van der Waals surface area contributed by atoms with Crippen LogP contribution in [0, 0.1) is 17.1 Å². The van der Waals surface area contributed by atoms with Crippen LogP contribution in [-0.2, 0) is 6.54 Å². The molecule has 90 valence electrons.